The van der Waals surface area contributed by atoms with Gasteiger partial charge < -0.3 is 10.3 Å². The quantitative estimate of drug-likeness (QED) is 0.706. The van der Waals surface area contributed by atoms with Crippen molar-refractivity contribution >= 4 is 10.9 Å². The molecule has 2 nitrogen and oxygen atoms in total. The van der Waals surface area contributed by atoms with Crippen LogP contribution in [0.1, 0.15) is 18.7 Å². The molecule has 0 unspecified atom stereocenters. The largest absolute Gasteiger partial charge is 0.346 e. The van der Waals surface area contributed by atoms with Crippen LogP contribution < -0.4 is 5.73 Å². The third-order valence-corrected chi connectivity index (χ3v) is 2.46. The number of rotatable bonds is 1. The van der Waals surface area contributed by atoms with Crippen LogP contribution in [0.25, 0.3) is 10.9 Å². The fourth-order valence-corrected chi connectivity index (χ4v) is 1.75. The summed E-state index contributed by atoms with van der Waals surface area (Å²) in [6.07, 6.45) is 0. The van der Waals surface area contributed by atoms with Crippen LogP contribution in [0.2, 0.25) is 0 Å². The molecular weight excluding hydrogens is 160 g/mol. The van der Waals surface area contributed by atoms with E-state index in [4.69, 9.17) is 5.73 Å². The van der Waals surface area contributed by atoms with E-state index in [0.717, 1.165) is 0 Å². The summed E-state index contributed by atoms with van der Waals surface area (Å²) in [5.41, 5.74) is 8.28. The second kappa shape index (κ2) is 2.89. The first-order valence-electron chi connectivity index (χ1n) is 4.50. The number of aryl methyl sites for hydroxylation is 1. The van der Waals surface area contributed by atoms with Gasteiger partial charge in [-0.1, -0.05) is 18.2 Å². The van der Waals surface area contributed by atoms with Gasteiger partial charge in [0, 0.05) is 24.3 Å². The summed E-state index contributed by atoms with van der Waals surface area (Å²) in [5.74, 6) is 0. The number of benzene rings is 1. The normalized spacial score (nSPS) is 13.5. The van der Waals surface area contributed by atoms with Crippen LogP contribution >= 0.6 is 0 Å². The monoisotopic (exact) mass is 174 g/mol. The SMILES string of the molecule is C[C@@H](N)c1cc2ccccc2n1C. The molecule has 0 bridgehead atoms. The zero-order valence-electron chi connectivity index (χ0n) is 7.99. The predicted molar refractivity (Wildman–Crippen MR) is 55.5 cm³/mol. The number of nitrogens with two attached hydrogens (primary N) is 1. The van der Waals surface area contributed by atoms with E-state index >= 15 is 0 Å². The summed E-state index contributed by atoms with van der Waals surface area (Å²) in [5, 5.41) is 1.26. The Morgan fingerprint density at radius 2 is 2.00 bits per heavy atom. The lowest BCUT2D eigenvalue weighted by atomic mass is 10.2. The third kappa shape index (κ3) is 1.23. The molecule has 0 spiro atoms. The van der Waals surface area contributed by atoms with Gasteiger partial charge in [0.25, 0.3) is 0 Å². The highest BCUT2D eigenvalue weighted by Gasteiger charge is 2.07. The standard InChI is InChI=1S/C11H14N2/c1-8(12)11-7-9-5-3-4-6-10(9)13(11)2/h3-8H,12H2,1-2H3/t8-/m1/s1. The van der Waals surface area contributed by atoms with Gasteiger partial charge in [0.15, 0.2) is 0 Å². The molecule has 2 aromatic rings. The van der Waals surface area contributed by atoms with E-state index in [1.165, 1.54) is 16.6 Å². The van der Waals surface area contributed by atoms with Gasteiger partial charge in [0.2, 0.25) is 0 Å². The van der Waals surface area contributed by atoms with Gasteiger partial charge in [-0.25, -0.2) is 0 Å². The highest BCUT2D eigenvalue weighted by atomic mass is 15.0. The van der Waals surface area contributed by atoms with Gasteiger partial charge in [-0.3, -0.25) is 0 Å². The molecule has 0 radical (unpaired) electrons. The van der Waals surface area contributed by atoms with Crippen molar-refractivity contribution in [2.75, 3.05) is 0 Å². The van der Waals surface area contributed by atoms with Crippen LogP contribution in [-0.4, -0.2) is 4.57 Å². The van der Waals surface area contributed by atoms with E-state index in [1.807, 2.05) is 19.1 Å². The molecule has 1 aromatic heterocycles. The smallest absolute Gasteiger partial charge is 0.0480 e. The van der Waals surface area contributed by atoms with Crippen LogP contribution in [0.15, 0.2) is 30.3 Å². The van der Waals surface area contributed by atoms with Gasteiger partial charge in [-0.15, -0.1) is 0 Å². The molecule has 13 heavy (non-hydrogen) atoms. The second-order valence-electron chi connectivity index (χ2n) is 3.48. The minimum absolute atomic E-state index is 0.0948. The molecule has 2 heteroatoms. The lowest BCUT2D eigenvalue weighted by molar-refractivity contribution is 0.726. The van der Waals surface area contributed by atoms with E-state index in [1.54, 1.807) is 0 Å². The Morgan fingerprint density at radius 1 is 1.31 bits per heavy atom. The molecule has 0 aliphatic rings. The maximum absolute atomic E-state index is 5.86. The lowest BCUT2D eigenvalue weighted by Crippen LogP contribution is -2.09. The van der Waals surface area contributed by atoms with Crippen molar-refractivity contribution in [1.82, 2.24) is 4.57 Å². The molecule has 2 rings (SSSR count). The van der Waals surface area contributed by atoms with Crippen molar-refractivity contribution in [3.05, 3.63) is 36.0 Å². The molecule has 0 aliphatic heterocycles. The van der Waals surface area contributed by atoms with Crippen molar-refractivity contribution in [3.8, 4) is 0 Å². The summed E-state index contributed by atoms with van der Waals surface area (Å²) in [7, 11) is 2.06. The molecule has 0 saturated carbocycles. The Kier molecular flexibility index (Phi) is 1.85. The van der Waals surface area contributed by atoms with Crippen molar-refractivity contribution in [2.45, 2.75) is 13.0 Å². The number of para-hydroxylation sites is 1. The van der Waals surface area contributed by atoms with E-state index in [-0.39, 0.29) is 6.04 Å². The van der Waals surface area contributed by atoms with E-state index in [0.29, 0.717) is 0 Å². The molecule has 2 N–H and O–H groups in total. The van der Waals surface area contributed by atoms with Gasteiger partial charge in [0.1, 0.15) is 0 Å². The van der Waals surface area contributed by atoms with E-state index < -0.39 is 0 Å². The summed E-state index contributed by atoms with van der Waals surface area (Å²) in [4.78, 5) is 0. The summed E-state index contributed by atoms with van der Waals surface area (Å²) in [6, 6.07) is 10.6. The highest BCUT2D eigenvalue weighted by Crippen LogP contribution is 2.21. The maximum atomic E-state index is 5.86. The van der Waals surface area contributed by atoms with Gasteiger partial charge >= 0.3 is 0 Å². The minimum atomic E-state index is 0.0948. The highest BCUT2D eigenvalue weighted by molar-refractivity contribution is 5.81. The number of nitrogens with zero attached hydrogens (tertiary/aromatic N) is 1. The summed E-state index contributed by atoms with van der Waals surface area (Å²) < 4.78 is 2.15. The molecule has 1 aromatic carbocycles. The Hall–Kier alpha value is -1.28. The Bertz CT molecular complexity index is 427. The average Bonchev–Trinajstić information content (AvgIpc) is 2.45. The summed E-state index contributed by atoms with van der Waals surface area (Å²) >= 11 is 0. The van der Waals surface area contributed by atoms with E-state index in [9.17, 15) is 0 Å². The van der Waals surface area contributed by atoms with Gasteiger partial charge in [-0.2, -0.15) is 0 Å². The van der Waals surface area contributed by atoms with E-state index in [2.05, 4.69) is 29.8 Å². The first kappa shape index (κ1) is 8.32. The van der Waals surface area contributed by atoms with Crippen LogP contribution in [0.5, 0.6) is 0 Å². The minimum Gasteiger partial charge on any atom is -0.346 e. The van der Waals surface area contributed by atoms with Crippen LogP contribution in [-0.2, 0) is 7.05 Å². The zero-order chi connectivity index (χ0) is 9.42. The second-order valence-corrected chi connectivity index (χ2v) is 3.48. The van der Waals surface area contributed by atoms with Crippen LogP contribution in [0.4, 0.5) is 0 Å². The van der Waals surface area contributed by atoms with Crippen LogP contribution in [0, 0.1) is 0 Å². The zero-order valence-corrected chi connectivity index (χ0v) is 7.99. The maximum Gasteiger partial charge on any atom is 0.0480 e. The Labute approximate surface area is 78.0 Å². The fraction of sp³-hybridized carbons (Fsp3) is 0.273. The number of hydrogen-bond donors (Lipinski definition) is 1. The number of hydrogen-bond acceptors (Lipinski definition) is 1. The van der Waals surface area contributed by atoms with Gasteiger partial charge in [0.05, 0.1) is 0 Å². The topological polar surface area (TPSA) is 30.9 Å². The molecular formula is C11H14N2. The average molecular weight is 174 g/mol. The molecule has 0 amide bonds. The van der Waals surface area contributed by atoms with Crippen molar-refractivity contribution in [1.29, 1.82) is 0 Å². The first-order valence-corrected chi connectivity index (χ1v) is 4.50. The molecule has 1 heterocycles. The Balaban J connectivity index is 2.74. The third-order valence-electron chi connectivity index (χ3n) is 2.46. The molecule has 0 aliphatic carbocycles. The first-order chi connectivity index (χ1) is 6.20. The lowest BCUT2D eigenvalue weighted by Gasteiger charge is -2.06. The van der Waals surface area contributed by atoms with Crippen molar-refractivity contribution in [2.24, 2.45) is 12.8 Å². The van der Waals surface area contributed by atoms with Crippen molar-refractivity contribution in [3.63, 3.8) is 0 Å². The van der Waals surface area contributed by atoms with Gasteiger partial charge in [-0.05, 0) is 24.4 Å². The molecule has 0 fully saturated rings. The number of aromatic nitrogens is 1. The predicted octanol–water partition coefficient (Wildman–Crippen LogP) is 2.20. The summed E-state index contributed by atoms with van der Waals surface area (Å²) in [6.45, 7) is 2.01. The molecule has 1 atom stereocenters. The molecule has 68 valence electrons. The fourth-order valence-electron chi connectivity index (χ4n) is 1.75. The van der Waals surface area contributed by atoms with Crippen LogP contribution in [0.3, 0.4) is 0 Å². The van der Waals surface area contributed by atoms with Crippen molar-refractivity contribution < 1.29 is 0 Å². The molecule has 0 saturated heterocycles. The number of fused-ring (bicyclic) bond motifs is 1. The Morgan fingerprint density at radius 3 is 2.62 bits per heavy atom.